The number of carbonyl (C=O) groups excluding carboxylic acids is 1. The molecule has 1 aromatic rings. The lowest BCUT2D eigenvalue weighted by atomic mass is 9.89. The molecule has 0 radical (unpaired) electrons. The molecule has 140 valence electrons. The molecule has 0 saturated carbocycles. The van der Waals surface area contributed by atoms with E-state index < -0.39 is 0 Å². The first kappa shape index (κ1) is 19.8. The molecule has 1 atom stereocenters. The van der Waals surface area contributed by atoms with E-state index in [0.29, 0.717) is 12.0 Å². The van der Waals surface area contributed by atoms with Gasteiger partial charge in [0.2, 0.25) is 5.78 Å². The molecular formula is C21H28N2O3. The Morgan fingerprint density at radius 2 is 2.12 bits per heavy atom. The second-order valence-corrected chi connectivity index (χ2v) is 6.93. The van der Waals surface area contributed by atoms with Crippen LogP contribution in [0.2, 0.25) is 0 Å². The molecule has 1 aliphatic carbocycles. The minimum Gasteiger partial charge on any atom is -0.496 e. The first-order valence-electron chi connectivity index (χ1n) is 8.92. The van der Waals surface area contributed by atoms with Gasteiger partial charge in [-0.15, -0.1) is 0 Å². The Kier molecular flexibility index (Phi) is 6.61. The summed E-state index contributed by atoms with van der Waals surface area (Å²) in [5.74, 6) is 0.810. The number of ether oxygens (including phenoxy) is 2. The number of carbonyl (C=O) groups is 1. The van der Waals surface area contributed by atoms with Crippen molar-refractivity contribution in [2.75, 3.05) is 7.11 Å². The molecule has 1 aromatic carbocycles. The summed E-state index contributed by atoms with van der Waals surface area (Å²) in [4.78, 5) is 12.7. The van der Waals surface area contributed by atoms with Crippen LogP contribution in [0.1, 0.15) is 38.3 Å². The fourth-order valence-electron chi connectivity index (χ4n) is 3.14. The summed E-state index contributed by atoms with van der Waals surface area (Å²) in [6.07, 6.45) is 5.01. The van der Waals surface area contributed by atoms with E-state index in [0.717, 1.165) is 30.4 Å². The molecule has 0 spiro atoms. The van der Waals surface area contributed by atoms with Gasteiger partial charge in [0.1, 0.15) is 11.9 Å². The van der Waals surface area contributed by atoms with Crippen molar-refractivity contribution < 1.29 is 14.3 Å². The number of hydrogen-bond acceptors (Lipinski definition) is 5. The highest BCUT2D eigenvalue weighted by Crippen LogP contribution is 2.32. The number of aryl methyl sites for hydroxylation is 1. The highest BCUT2D eigenvalue weighted by Gasteiger charge is 2.26. The summed E-state index contributed by atoms with van der Waals surface area (Å²) in [7, 11) is 1.66. The van der Waals surface area contributed by atoms with E-state index in [1.807, 2.05) is 26.0 Å². The topological polar surface area (TPSA) is 85.4 Å². The third-order valence-electron chi connectivity index (χ3n) is 4.46. The first-order valence-corrected chi connectivity index (χ1v) is 8.92. The van der Waals surface area contributed by atoms with Gasteiger partial charge in [-0.2, -0.15) is 0 Å². The number of methoxy groups -OCH3 is 1. The minimum atomic E-state index is -0.356. The van der Waals surface area contributed by atoms with E-state index in [2.05, 4.69) is 6.07 Å². The number of nitrogens with one attached hydrogen (secondary N) is 1. The number of allylic oxidation sites excluding steroid dienone is 2. The van der Waals surface area contributed by atoms with Crippen LogP contribution in [0.5, 0.6) is 5.75 Å². The van der Waals surface area contributed by atoms with Gasteiger partial charge in [-0.3, -0.25) is 4.79 Å². The molecule has 0 heterocycles. The lowest BCUT2D eigenvalue weighted by Gasteiger charge is -2.28. The Balaban J connectivity index is 2.26. The number of Topliss-reactive ketones (excluding diaryl/α,β-unsaturated/α-hetero) is 1. The lowest BCUT2D eigenvalue weighted by molar-refractivity contribution is -0.116. The summed E-state index contributed by atoms with van der Waals surface area (Å²) >= 11 is 0. The average molecular weight is 356 g/mol. The van der Waals surface area contributed by atoms with Crippen LogP contribution in [-0.4, -0.2) is 25.2 Å². The lowest BCUT2D eigenvalue weighted by Crippen LogP contribution is -2.27. The van der Waals surface area contributed by atoms with Crippen LogP contribution in [0.25, 0.3) is 0 Å². The summed E-state index contributed by atoms with van der Waals surface area (Å²) in [5.41, 5.74) is 8.95. The summed E-state index contributed by atoms with van der Waals surface area (Å²) in [5, 5.41) is 7.52. The third kappa shape index (κ3) is 4.54. The van der Waals surface area contributed by atoms with Gasteiger partial charge in [0.05, 0.1) is 12.8 Å². The Hall–Kier alpha value is -2.56. The van der Waals surface area contributed by atoms with Gasteiger partial charge >= 0.3 is 0 Å². The molecule has 1 unspecified atom stereocenters. The van der Waals surface area contributed by atoms with Gasteiger partial charge in [0.15, 0.2) is 5.76 Å². The predicted molar refractivity (Wildman–Crippen MR) is 103 cm³/mol. The number of nitrogens with two attached hydrogens (primary N) is 1. The van der Waals surface area contributed by atoms with Crippen LogP contribution < -0.4 is 10.5 Å². The fraction of sp³-hybridized carbons (Fsp3) is 0.429. The Labute approximate surface area is 155 Å². The molecule has 26 heavy (non-hydrogen) atoms. The standard InChI is InChI=1S/C21H28N2O3/c1-13(2)10-18(23)20(24)21(14(3)12-22)26-16-9-8-15-6-5-7-19(25-4)17(15)11-16/h5-7,10,12-13,16,22H,8-9,11,23H2,1-4H3/b18-10+,21-14+,22-12?. The molecule has 0 aliphatic heterocycles. The largest absolute Gasteiger partial charge is 0.496 e. The number of rotatable bonds is 7. The van der Waals surface area contributed by atoms with Gasteiger partial charge in [0.25, 0.3) is 0 Å². The number of hydrogen-bond donors (Lipinski definition) is 2. The minimum absolute atomic E-state index is 0.153. The maximum atomic E-state index is 12.7. The van der Waals surface area contributed by atoms with Crippen molar-refractivity contribution in [2.24, 2.45) is 11.7 Å². The summed E-state index contributed by atoms with van der Waals surface area (Å²) in [6, 6.07) is 6.03. The first-order chi connectivity index (χ1) is 12.4. The van der Waals surface area contributed by atoms with E-state index in [9.17, 15) is 4.79 Å². The third-order valence-corrected chi connectivity index (χ3v) is 4.46. The highest BCUT2D eigenvalue weighted by atomic mass is 16.5. The van der Waals surface area contributed by atoms with Crippen molar-refractivity contribution >= 4 is 12.0 Å². The smallest absolute Gasteiger partial charge is 0.243 e. The van der Waals surface area contributed by atoms with E-state index in [4.69, 9.17) is 20.6 Å². The number of benzene rings is 1. The molecule has 0 saturated heterocycles. The molecule has 0 bridgehead atoms. The van der Waals surface area contributed by atoms with Gasteiger partial charge in [-0.25, -0.2) is 0 Å². The SMILES string of the molecule is COc1cccc2c1CC(O/C(C(=O)/C(N)=C\C(C)C)=C(\C)C=N)CC2. The molecule has 0 amide bonds. The van der Waals surface area contributed by atoms with Crippen LogP contribution in [0.15, 0.2) is 41.3 Å². The van der Waals surface area contributed by atoms with Crippen molar-refractivity contribution in [1.82, 2.24) is 0 Å². The van der Waals surface area contributed by atoms with E-state index in [1.54, 1.807) is 20.1 Å². The van der Waals surface area contributed by atoms with Crippen LogP contribution in [-0.2, 0) is 22.4 Å². The van der Waals surface area contributed by atoms with Crippen LogP contribution in [0.3, 0.4) is 0 Å². The summed E-state index contributed by atoms with van der Waals surface area (Å²) < 4.78 is 11.5. The molecule has 0 fully saturated rings. The molecule has 0 aromatic heterocycles. The van der Waals surface area contributed by atoms with Gasteiger partial charge in [0, 0.05) is 23.8 Å². The van der Waals surface area contributed by atoms with Crippen LogP contribution in [0, 0.1) is 11.3 Å². The van der Waals surface area contributed by atoms with E-state index in [-0.39, 0.29) is 29.3 Å². The average Bonchev–Trinajstić information content (AvgIpc) is 2.63. The van der Waals surface area contributed by atoms with Gasteiger partial charge in [-0.05, 0) is 37.3 Å². The maximum absolute atomic E-state index is 12.7. The van der Waals surface area contributed by atoms with Crippen molar-refractivity contribution in [1.29, 1.82) is 5.41 Å². The molecule has 5 heteroatoms. The molecular weight excluding hydrogens is 328 g/mol. The van der Waals surface area contributed by atoms with Gasteiger partial charge in [-0.1, -0.05) is 32.1 Å². The van der Waals surface area contributed by atoms with Gasteiger partial charge < -0.3 is 20.6 Å². The predicted octanol–water partition coefficient (Wildman–Crippen LogP) is 3.56. The van der Waals surface area contributed by atoms with Crippen LogP contribution >= 0.6 is 0 Å². The second kappa shape index (κ2) is 8.70. The second-order valence-electron chi connectivity index (χ2n) is 6.93. The quantitative estimate of drug-likeness (QED) is 0.444. The van der Waals surface area contributed by atoms with Crippen molar-refractivity contribution in [2.45, 2.75) is 46.1 Å². The monoisotopic (exact) mass is 356 g/mol. The normalized spacial score (nSPS) is 18.0. The highest BCUT2D eigenvalue weighted by molar-refractivity contribution is 6.09. The zero-order chi connectivity index (χ0) is 19.3. The Morgan fingerprint density at radius 3 is 2.73 bits per heavy atom. The molecule has 2 rings (SSSR count). The molecule has 3 N–H and O–H groups in total. The number of ketones is 1. The zero-order valence-corrected chi connectivity index (χ0v) is 16.0. The Bertz CT molecular complexity index is 733. The Morgan fingerprint density at radius 1 is 1.38 bits per heavy atom. The molecule has 1 aliphatic rings. The van der Waals surface area contributed by atoms with Crippen molar-refractivity contribution in [3.8, 4) is 5.75 Å². The van der Waals surface area contributed by atoms with E-state index in [1.165, 1.54) is 5.56 Å². The van der Waals surface area contributed by atoms with Crippen LogP contribution in [0.4, 0.5) is 0 Å². The summed E-state index contributed by atoms with van der Waals surface area (Å²) in [6.45, 7) is 5.61. The zero-order valence-electron chi connectivity index (χ0n) is 16.0. The van der Waals surface area contributed by atoms with E-state index >= 15 is 0 Å². The fourth-order valence-corrected chi connectivity index (χ4v) is 3.14. The van der Waals surface area contributed by atoms with Crippen molar-refractivity contribution in [3.63, 3.8) is 0 Å². The maximum Gasteiger partial charge on any atom is 0.243 e. The number of fused-ring (bicyclic) bond motifs is 1. The van der Waals surface area contributed by atoms with Crippen molar-refractivity contribution in [3.05, 3.63) is 52.4 Å². The molecule has 5 nitrogen and oxygen atoms in total.